The summed E-state index contributed by atoms with van der Waals surface area (Å²) in [6.07, 6.45) is 3.64. The molecule has 0 radical (unpaired) electrons. The summed E-state index contributed by atoms with van der Waals surface area (Å²) in [6, 6.07) is 13.8. The maximum Gasteiger partial charge on any atom is 0.270 e. The summed E-state index contributed by atoms with van der Waals surface area (Å²) in [5, 5.41) is 17.0. The van der Waals surface area contributed by atoms with Gasteiger partial charge in [0.15, 0.2) is 0 Å². The van der Waals surface area contributed by atoms with E-state index in [9.17, 15) is 4.79 Å². The van der Waals surface area contributed by atoms with Crippen LogP contribution in [0.25, 0.3) is 11.3 Å². The summed E-state index contributed by atoms with van der Waals surface area (Å²) in [5.41, 5.74) is 3.14. The third-order valence-corrected chi connectivity index (χ3v) is 4.79. The molecule has 7 nitrogen and oxygen atoms in total. The lowest BCUT2D eigenvalue weighted by molar-refractivity contribution is 0.0716. The first-order valence-corrected chi connectivity index (χ1v) is 8.80. The van der Waals surface area contributed by atoms with E-state index in [1.54, 1.807) is 10.9 Å². The van der Waals surface area contributed by atoms with Crippen molar-refractivity contribution in [2.24, 2.45) is 0 Å². The Morgan fingerprint density at radius 3 is 2.85 bits per heavy atom. The zero-order valence-electron chi connectivity index (χ0n) is 14.4. The fourth-order valence-electron chi connectivity index (χ4n) is 3.47. The van der Waals surface area contributed by atoms with E-state index in [0.717, 1.165) is 30.6 Å². The lowest BCUT2D eigenvalue weighted by atomic mass is 10.2. The number of rotatable bonds is 5. The van der Waals surface area contributed by atoms with E-state index in [-0.39, 0.29) is 18.6 Å². The molecule has 1 saturated heterocycles. The van der Waals surface area contributed by atoms with Gasteiger partial charge in [-0.1, -0.05) is 35.5 Å². The van der Waals surface area contributed by atoms with Crippen LogP contribution in [-0.4, -0.2) is 48.5 Å². The molecule has 1 fully saturated rings. The second-order valence-electron chi connectivity index (χ2n) is 6.54. The number of benzene rings is 1. The van der Waals surface area contributed by atoms with Crippen LogP contribution in [0.2, 0.25) is 0 Å². The number of aromatic amines is 1. The molecule has 1 aromatic carbocycles. The molecule has 2 aromatic heterocycles. The monoisotopic (exact) mass is 351 g/mol. The summed E-state index contributed by atoms with van der Waals surface area (Å²) in [7, 11) is 0. The number of aliphatic hydroxyl groups is 1. The average molecular weight is 351 g/mol. The van der Waals surface area contributed by atoms with Crippen LogP contribution < -0.4 is 0 Å². The van der Waals surface area contributed by atoms with Gasteiger partial charge in [0.1, 0.15) is 11.4 Å². The first kappa shape index (κ1) is 16.5. The van der Waals surface area contributed by atoms with Gasteiger partial charge in [-0.3, -0.25) is 9.48 Å². The Bertz CT molecular complexity index is 886. The number of carbonyl (C=O) groups is 1. The molecule has 3 aromatic rings. The molecular formula is C19H21N5O2. The molecule has 0 bridgehead atoms. The van der Waals surface area contributed by atoms with Gasteiger partial charge in [-0.15, -0.1) is 5.10 Å². The second kappa shape index (κ2) is 7.13. The van der Waals surface area contributed by atoms with E-state index in [1.807, 2.05) is 47.4 Å². The molecule has 1 aliphatic heterocycles. The minimum atomic E-state index is -0.127. The lowest BCUT2D eigenvalue weighted by Gasteiger charge is -2.24. The molecule has 7 heteroatoms. The molecule has 0 aliphatic carbocycles. The number of amides is 1. The van der Waals surface area contributed by atoms with Gasteiger partial charge in [-0.25, -0.2) is 0 Å². The smallest absolute Gasteiger partial charge is 0.270 e. The average Bonchev–Trinajstić information content (AvgIpc) is 3.43. The molecule has 3 heterocycles. The molecule has 1 atom stereocenters. The summed E-state index contributed by atoms with van der Waals surface area (Å²) < 4.78 is 1.70. The lowest BCUT2D eigenvalue weighted by Crippen LogP contribution is -2.38. The summed E-state index contributed by atoms with van der Waals surface area (Å²) >= 11 is 0. The number of aromatic nitrogens is 4. The molecule has 4 rings (SSSR count). The van der Waals surface area contributed by atoms with Crippen molar-refractivity contribution < 1.29 is 9.90 Å². The number of likely N-dealkylation sites (tertiary alicyclic amines) is 1. The molecule has 0 saturated carbocycles. The maximum atomic E-state index is 13.0. The van der Waals surface area contributed by atoms with Crippen molar-refractivity contribution >= 4 is 5.91 Å². The normalized spacial score (nSPS) is 17.0. The third-order valence-electron chi connectivity index (χ3n) is 4.79. The highest BCUT2D eigenvalue weighted by atomic mass is 16.3. The van der Waals surface area contributed by atoms with Crippen LogP contribution in [0.4, 0.5) is 0 Å². The van der Waals surface area contributed by atoms with Gasteiger partial charge in [-0.05, 0) is 30.5 Å². The Balaban J connectivity index is 1.49. The largest absolute Gasteiger partial charge is 0.390 e. The Hall–Kier alpha value is -2.93. The van der Waals surface area contributed by atoms with Crippen LogP contribution in [0, 0.1) is 0 Å². The van der Waals surface area contributed by atoms with Crippen LogP contribution in [0.1, 0.15) is 29.0 Å². The summed E-state index contributed by atoms with van der Waals surface area (Å²) in [6.45, 7) is 1.20. The topological polar surface area (TPSA) is 87.0 Å². The van der Waals surface area contributed by atoms with E-state index in [4.69, 9.17) is 5.11 Å². The molecule has 1 aliphatic rings. The van der Waals surface area contributed by atoms with Crippen LogP contribution in [0.15, 0.2) is 48.7 Å². The van der Waals surface area contributed by atoms with Crippen molar-refractivity contribution in [2.45, 2.75) is 32.0 Å². The van der Waals surface area contributed by atoms with Gasteiger partial charge >= 0.3 is 0 Å². The van der Waals surface area contributed by atoms with Crippen molar-refractivity contribution in [3.8, 4) is 11.3 Å². The van der Waals surface area contributed by atoms with Crippen LogP contribution in [0.3, 0.4) is 0 Å². The predicted octanol–water partition coefficient (Wildman–Crippen LogP) is 2.07. The van der Waals surface area contributed by atoms with Gasteiger partial charge in [-0.2, -0.15) is 0 Å². The number of carbonyl (C=O) groups excluding carboxylic acids is 1. The first-order chi connectivity index (χ1) is 12.7. The summed E-state index contributed by atoms with van der Waals surface area (Å²) in [5.74, 6) is 0.0113. The molecule has 0 unspecified atom stereocenters. The van der Waals surface area contributed by atoms with E-state index in [2.05, 4.69) is 15.3 Å². The Labute approximate surface area is 151 Å². The maximum absolute atomic E-state index is 13.0. The standard InChI is InChI=1S/C19H21N5O2/c25-13-15-11-23(22-21-15)12-16-7-4-10-24(16)19(26)18-9-8-17(20-18)14-5-2-1-3-6-14/h1-3,5-6,8-9,11,16,20,25H,4,7,10,12-13H2/t16-/m0/s1. The van der Waals surface area contributed by atoms with E-state index < -0.39 is 0 Å². The molecule has 1 amide bonds. The quantitative estimate of drug-likeness (QED) is 0.737. The third kappa shape index (κ3) is 3.25. The highest BCUT2D eigenvalue weighted by Gasteiger charge is 2.30. The van der Waals surface area contributed by atoms with Gasteiger partial charge < -0.3 is 15.0 Å². The Morgan fingerprint density at radius 2 is 2.08 bits per heavy atom. The number of hydrogen-bond acceptors (Lipinski definition) is 4. The molecule has 26 heavy (non-hydrogen) atoms. The number of aliphatic hydroxyl groups excluding tert-OH is 1. The minimum Gasteiger partial charge on any atom is -0.390 e. The van der Waals surface area contributed by atoms with Crippen molar-refractivity contribution in [1.82, 2.24) is 24.9 Å². The van der Waals surface area contributed by atoms with E-state index in [0.29, 0.717) is 17.9 Å². The number of hydrogen-bond donors (Lipinski definition) is 2. The van der Waals surface area contributed by atoms with Crippen LogP contribution >= 0.6 is 0 Å². The van der Waals surface area contributed by atoms with Crippen molar-refractivity contribution in [3.63, 3.8) is 0 Å². The zero-order valence-corrected chi connectivity index (χ0v) is 14.4. The Morgan fingerprint density at radius 1 is 1.23 bits per heavy atom. The van der Waals surface area contributed by atoms with Gasteiger partial charge in [0, 0.05) is 12.2 Å². The Kier molecular flexibility index (Phi) is 4.53. The fraction of sp³-hybridized carbons (Fsp3) is 0.316. The minimum absolute atomic E-state index is 0.0113. The van der Waals surface area contributed by atoms with Gasteiger partial charge in [0.2, 0.25) is 0 Å². The number of H-pyrrole nitrogens is 1. The fourth-order valence-corrected chi connectivity index (χ4v) is 3.47. The van der Waals surface area contributed by atoms with Crippen LogP contribution in [-0.2, 0) is 13.2 Å². The molecule has 2 N–H and O–H groups in total. The van der Waals surface area contributed by atoms with E-state index in [1.165, 1.54) is 0 Å². The van der Waals surface area contributed by atoms with E-state index >= 15 is 0 Å². The first-order valence-electron chi connectivity index (χ1n) is 8.80. The molecule has 0 spiro atoms. The SMILES string of the molecule is O=C(c1ccc(-c2ccccc2)[nH]1)N1CCC[C@H]1Cn1cc(CO)nn1. The van der Waals surface area contributed by atoms with Gasteiger partial charge in [0.25, 0.3) is 5.91 Å². The molecular weight excluding hydrogens is 330 g/mol. The number of nitrogens with zero attached hydrogens (tertiary/aromatic N) is 4. The van der Waals surface area contributed by atoms with Gasteiger partial charge in [0.05, 0.1) is 25.4 Å². The number of nitrogens with one attached hydrogen (secondary N) is 1. The van der Waals surface area contributed by atoms with Crippen molar-refractivity contribution in [1.29, 1.82) is 0 Å². The second-order valence-corrected chi connectivity index (χ2v) is 6.54. The highest BCUT2D eigenvalue weighted by molar-refractivity contribution is 5.93. The highest BCUT2D eigenvalue weighted by Crippen LogP contribution is 2.23. The zero-order chi connectivity index (χ0) is 17.9. The van der Waals surface area contributed by atoms with Crippen molar-refractivity contribution in [2.75, 3.05) is 6.54 Å². The predicted molar refractivity (Wildman–Crippen MR) is 96.2 cm³/mol. The molecule has 134 valence electrons. The van der Waals surface area contributed by atoms with Crippen molar-refractivity contribution in [3.05, 3.63) is 60.0 Å². The summed E-state index contributed by atoms with van der Waals surface area (Å²) in [4.78, 5) is 18.1. The van der Waals surface area contributed by atoms with Crippen LogP contribution in [0.5, 0.6) is 0 Å².